The highest BCUT2D eigenvalue weighted by molar-refractivity contribution is 5.76. The van der Waals surface area contributed by atoms with Crippen molar-refractivity contribution < 1.29 is 19.2 Å². The number of ether oxygens (including phenoxy) is 1. The number of aliphatic carboxylic acids is 1. The summed E-state index contributed by atoms with van der Waals surface area (Å²) in [5, 5.41) is 13.7. The highest BCUT2D eigenvalue weighted by Gasteiger charge is 2.54. The molecule has 7 heteroatoms. The number of likely N-dealkylation sites (tertiary alicyclic amines) is 1. The lowest BCUT2D eigenvalue weighted by Gasteiger charge is -2.23. The van der Waals surface area contributed by atoms with Gasteiger partial charge >= 0.3 is 5.97 Å². The molecule has 1 aliphatic heterocycles. The average Bonchev–Trinajstić information content (AvgIpc) is 3.27. The van der Waals surface area contributed by atoms with Crippen LogP contribution in [-0.2, 0) is 17.9 Å². The van der Waals surface area contributed by atoms with Crippen molar-refractivity contribution in [1.82, 2.24) is 15.0 Å². The van der Waals surface area contributed by atoms with Gasteiger partial charge in [-0.3, -0.25) is 9.69 Å². The first kappa shape index (κ1) is 18.0. The van der Waals surface area contributed by atoms with Gasteiger partial charge in [-0.15, -0.1) is 0 Å². The lowest BCUT2D eigenvalue weighted by molar-refractivity contribution is -0.149. The number of aromatic nitrogens is 2. The summed E-state index contributed by atoms with van der Waals surface area (Å²) in [5.74, 6) is 1.35. The van der Waals surface area contributed by atoms with Crippen LogP contribution in [0, 0.1) is 25.2 Å². The van der Waals surface area contributed by atoms with Gasteiger partial charge in [0.25, 0.3) is 0 Å². The van der Waals surface area contributed by atoms with Crippen LogP contribution in [0.1, 0.15) is 42.1 Å². The molecule has 1 saturated carbocycles. The van der Waals surface area contributed by atoms with Crippen LogP contribution in [0.2, 0.25) is 0 Å². The third kappa shape index (κ3) is 3.56. The summed E-state index contributed by atoms with van der Waals surface area (Å²) in [6.45, 7) is 6.13. The Morgan fingerprint density at radius 1 is 1.37 bits per heavy atom. The van der Waals surface area contributed by atoms with Gasteiger partial charge in [-0.2, -0.15) is 4.98 Å². The van der Waals surface area contributed by atoms with E-state index in [2.05, 4.69) is 21.1 Å². The summed E-state index contributed by atoms with van der Waals surface area (Å²) < 4.78 is 11.1. The third-order valence-electron chi connectivity index (χ3n) is 5.80. The molecule has 2 aromatic rings. The van der Waals surface area contributed by atoms with E-state index in [1.165, 1.54) is 0 Å². The summed E-state index contributed by atoms with van der Waals surface area (Å²) in [5.41, 5.74) is 1.70. The highest BCUT2D eigenvalue weighted by atomic mass is 16.5. The minimum absolute atomic E-state index is 0.227. The Bertz CT molecular complexity index is 829. The molecule has 0 radical (unpaired) electrons. The van der Waals surface area contributed by atoms with E-state index in [1.54, 1.807) is 0 Å². The maximum atomic E-state index is 11.8. The first-order valence-electron chi connectivity index (χ1n) is 9.43. The molecule has 1 aromatic heterocycles. The van der Waals surface area contributed by atoms with Crippen molar-refractivity contribution >= 4 is 5.97 Å². The zero-order valence-corrected chi connectivity index (χ0v) is 15.8. The first-order chi connectivity index (χ1) is 12.9. The summed E-state index contributed by atoms with van der Waals surface area (Å²) in [4.78, 5) is 18.3. The molecule has 2 atom stereocenters. The number of hydrogen-bond acceptors (Lipinski definition) is 6. The fourth-order valence-electron chi connectivity index (χ4n) is 4.63. The molecule has 144 valence electrons. The SMILES string of the molecule is Cc1cc(C)cc(OCc2noc(CN3C[C@@H]4CCC[C@@]4(C(=O)O)C3)n2)c1. The van der Waals surface area contributed by atoms with Crippen LogP contribution < -0.4 is 4.74 Å². The molecule has 2 heterocycles. The van der Waals surface area contributed by atoms with Gasteiger partial charge in [-0.25, -0.2) is 0 Å². The molecule has 1 saturated heterocycles. The van der Waals surface area contributed by atoms with Crippen molar-refractivity contribution in [1.29, 1.82) is 0 Å². The molecule has 7 nitrogen and oxygen atoms in total. The molecule has 1 aromatic carbocycles. The Labute approximate surface area is 158 Å². The van der Waals surface area contributed by atoms with Crippen molar-refractivity contribution in [3.05, 3.63) is 41.0 Å². The van der Waals surface area contributed by atoms with E-state index in [1.807, 2.05) is 26.0 Å². The summed E-state index contributed by atoms with van der Waals surface area (Å²) >= 11 is 0. The molecule has 0 unspecified atom stereocenters. The van der Waals surface area contributed by atoms with E-state index in [-0.39, 0.29) is 12.5 Å². The number of carbonyl (C=O) groups is 1. The van der Waals surface area contributed by atoms with E-state index >= 15 is 0 Å². The second-order valence-corrected chi connectivity index (χ2v) is 7.94. The number of carboxylic acid groups (broad SMARTS) is 1. The lowest BCUT2D eigenvalue weighted by atomic mass is 9.81. The summed E-state index contributed by atoms with van der Waals surface area (Å²) in [6.07, 6.45) is 2.76. The number of aryl methyl sites for hydroxylation is 2. The van der Waals surface area contributed by atoms with Crippen molar-refractivity contribution in [2.45, 2.75) is 46.3 Å². The summed E-state index contributed by atoms with van der Waals surface area (Å²) in [6, 6.07) is 6.04. The quantitative estimate of drug-likeness (QED) is 0.835. The standard InChI is InChI=1S/C20H25N3O4/c1-13-6-14(2)8-16(7-13)26-11-17-21-18(27-22-17)10-23-9-15-4-3-5-20(15,12-23)19(24)25/h6-8,15H,3-5,9-12H2,1-2H3,(H,24,25)/t15-,20+/m0/s1. The molecular weight excluding hydrogens is 346 g/mol. The second kappa shape index (κ2) is 6.96. The topological polar surface area (TPSA) is 88.7 Å². The van der Waals surface area contributed by atoms with Crippen LogP contribution in [0.15, 0.2) is 22.7 Å². The van der Waals surface area contributed by atoms with Crippen molar-refractivity contribution in [2.75, 3.05) is 13.1 Å². The fourth-order valence-corrected chi connectivity index (χ4v) is 4.63. The van der Waals surface area contributed by atoms with E-state index < -0.39 is 11.4 Å². The van der Waals surface area contributed by atoms with Crippen molar-refractivity contribution in [3.63, 3.8) is 0 Å². The molecule has 27 heavy (non-hydrogen) atoms. The number of hydrogen-bond donors (Lipinski definition) is 1. The molecule has 1 N–H and O–H groups in total. The molecule has 4 rings (SSSR count). The van der Waals surface area contributed by atoms with Crippen molar-refractivity contribution in [2.24, 2.45) is 11.3 Å². The zero-order valence-electron chi connectivity index (χ0n) is 15.8. The number of rotatable bonds is 6. The van der Waals surface area contributed by atoms with Crippen LogP contribution in [0.25, 0.3) is 0 Å². The van der Waals surface area contributed by atoms with Gasteiger partial charge in [0.15, 0.2) is 6.61 Å². The van der Waals surface area contributed by atoms with Gasteiger partial charge in [0, 0.05) is 13.1 Å². The highest BCUT2D eigenvalue weighted by Crippen LogP contribution is 2.49. The molecular formula is C20H25N3O4. The zero-order chi connectivity index (χ0) is 19.0. The smallest absolute Gasteiger partial charge is 0.311 e. The van der Waals surface area contributed by atoms with Crippen LogP contribution in [0.3, 0.4) is 0 Å². The molecule has 0 spiro atoms. The van der Waals surface area contributed by atoms with Gasteiger partial charge in [0.1, 0.15) is 5.75 Å². The average molecular weight is 371 g/mol. The minimum Gasteiger partial charge on any atom is -0.485 e. The van der Waals surface area contributed by atoms with Gasteiger partial charge < -0.3 is 14.4 Å². The first-order valence-corrected chi connectivity index (χ1v) is 9.43. The van der Waals surface area contributed by atoms with Gasteiger partial charge in [0.05, 0.1) is 12.0 Å². The monoisotopic (exact) mass is 371 g/mol. The Morgan fingerprint density at radius 2 is 2.15 bits per heavy atom. The molecule has 1 aliphatic carbocycles. The number of fused-ring (bicyclic) bond motifs is 1. The maximum absolute atomic E-state index is 11.8. The largest absolute Gasteiger partial charge is 0.485 e. The number of nitrogens with zero attached hydrogens (tertiary/aromatic N) is 3. The summed E-state index contributed by atoms with van der Waals surface area (Å²) in [7, 11) is 0. The second-order valence-electron chi connectivity index (χ2n) is 7.94. The Morgan fingerprint density at radius 3 is 2.85 bits per heavy atom. The van der Waals surface area contributed by atoms with Crippen LogP contribution >= 0.6 is 0 Å². The minimum atomic E-state index is -0.666. The van der Waals surface area contributed by atoms with Gasteiger partial charge in [-0.05, 0) is 55.9 Å². The Hall–Kier alpha value is -2.41. The molecule has 0 bridgehead atoms. The lowest BCUT2D eigenvalue weighted by Crippen LogP contribution is -2.35. The van der Waals surface area contributed by atoms with E-state index in [4.69, 9.17) is 9.26 Å². The predicted molar refractivity (Wildman–Crippen MR) is 97.2 cm³/mol. The molecule has 0 amide bonds. The predicted octanol–water partition coefficient (Wildman–Crippen LogP) is 2.95. The molecule has 2 fully saturated rings. The fraction of sp³-hybridized carbons (Fsp3) is 0.550. The van der Waals surface area contributed by atoms with Crippen molar-refractivity contribution in [3.8, 4) is 5.75 Å². The van der Waals surface area contributed by atoms with Crippen LogP contribution in [-0.4, -0.2) is 39.2 Å². The Balaban J connectivity index is 1.35. The van der Waals surface area contributed by atoms with E-state index in [0.29, 0.717) is 24.8 Å². The normalized spacial score (nSPS) is 24.9. The number of benzene rings is 1. The maximum Gasteiger partial charge on any atom is 0.311 e. The van der Waals surface area contributed by atoms with Crippen LogP contribution in [0.4, 0.5) is 0 Å². The Kier molecular flexibility index (Phi) is 4.63. The van der Waals surface area contributed by atoms with Gasteiger partial charge in [0.2, 0.25) is 11.7 Å². The van der Waals surface area contributed by atoms with E-state index in [9.17, 15) is 9.90 Å². The van der Waals surface area contributed by atoms with Gasteiger partial charge in [-0.1, -0.05) is 17.6 Å². The molecule has 2 aliphatic rings. The number of carboxylic acids is 1. The van der Waals surface area contributed by atoms with E-state index in [0.717, 1.165) is 42.7 Å². The van der Waals surface area contributed by atoms with Crippen LogP contribution in [0.5, 0.6) is 5.75 Å². The third-order valence-corrected chi connectivity index (χ3v) is 5.80.